The highest BCUT2D eigenvalue weighted by atomic mass is 16.5. The van der Waals surface area contributed by atoms with Gasteiger partial charge in [-0.25, -0.2) is 0 Å². The van der Waals surface area contributed by atoms with Crippen LogP contribution in [-0.2, 0) is 9.47 Å². The molecular weight excluding hydrogens is 358 g/mol. The molecule has 13 atom stereocenters. The fourth-order valence-electron chi connectivity index (χ4n) is 9.94. The molecule has 3 N–H and O–H groups in total. The molecule has 6 nitrogen and oxygen atoms in total. The van der Waals surface area contributed by atoms with Crippen LogP contribution in [0.25, 0.3) is 0 Å². The molecule has 0 amide bonds. The second-order valence-corrected chi connectivity index (χ2v) is 10.7. The largest absolute Gasteiger partial charge is 0.393 e. The van der Waals surface area contributed by atoms with Crippen molar-refractivity contribution in [3.63, 3.8) is 0 Å². The third-order valence-corrected chi connectivity index (χ3v) is 10.5. The van der Waals surface area contributed by atoms with E-state index in [1.165, 1.54) is 0 Å². The lowest BCUT2D eigenvalue weighted by atomic mass is 9.45. The molecule has 158 valence electrons. The average Bonchev–Trinajstić information content (AvgIpc) is 3.07. The molecule has 1 spiro atoms. The first-order chi connectivity index (χ1) is 13.4. The van der Waals surface area contributed by atoms with E-state index in [9.17, 15) is 15.3 Å². The topological polar surface area (TPSA) is 82.4 Å². The Kier molecular flexibility index (Phi) is 3.78. The average molecular weight is 394 g/mol. The van der Waals surface area contributed by atoms with E-state index in [-0.39, 0.29) is 59.4 Å². The Bertz CT molecular complexity index is 675. The summed E-state index contributed by atoms with van der Waals surface area (Å²) in [5.41, 5.74) is -0.941. The zero-order valence-electron chi connectivity index (χ0n) is 17.2. The first-order valence-electron chi connectivity index (χ1n) is 11.3. The van der Waals surface area contributed by atoms with Gasteiger partial charge in [-0.05, 0) is 31.2 Å². The van der Waals surface area contributed by atoms with Crippen molar-refractivity contribution in [2.75, 3.05) is 27.3 Å². The number of nitrogens with zero attached hydrogens (tertiary/aromatic N) is 1. The van der Waals surface area contributed by atoms with Crippen molar-refractivity contribution in [3.05, 3.63) is 0 Å². The second kappa shape index (κ2) is 5.71. The molecular formula is C22H35NO5. The third kappa shape index (κ3) is 1.76. The Balaban J connectivity index is 1.58. The van der Waals surface area contributed by atoms with Crippen LogP contribution in [0.5, 0.6) is 0 Å². The van der Waals surface area contributed by atoms with Gasteiger partial charge < -0.3 is 24.8 Å². The molecule has 6 rings (SSSR count). The molecule has 6 heteroatoms. The van der Waals surface area contributed by atoms with Crippen molar-refractivity contribution in [1.82, 2.24) is 4.90 Å². The van der Waals surface area contributed by atoms with Gasteiger partial charge in [-0.1, -0.05) is 6.92 Å². The van der Waals surface area contributed by atoms with Gasteiger partial charge in [-0.15, -0.1) is 0 Å². The first-order valence-corrected chi connectivity index (χ1v) is 11.3. The molecule has 6 aliphatic rings. The predicted octanol–water partition coefficient (Wildman–Crippen LogP) is 0.485. The van der Waals surface area contributed by atoms with Gasteiger partial charge in [-0.2, -0.15) is 0 Å². The van der Waals surface area contributed by atoms with E-state index in [1.807, 2.05) is 0 Å². The number of fused-ring (bicyclic) bond motifs is 2. The van der Waals surface area contributed by atoms with Crippen LogP contribution in [0.3, 0.4) is 0 Å². The first kappa shape index (κ1) is 18.5. The van der Waals surface area contributed by atoms with Gasteiger partial charge in [-0.3, -0.25) is 4.90 Å². The van der Waals surface area contributed by atoms with Crippen molar-refractivity contribution < 1.29 is 24.8 Å². The van der Waals surface area contributed by atoms with Gasteiger partial charge in [0.05, 0.1) is 30.0 Å². The zero-order valence-corrected chi connectivity index (χ0v) is 17.2. The number of piperidine rings is 1. The molecule has 28 heavy (non-hydrogen) atoms. The molecule has 0 aromatic carbocycles. The number of aliphatic hydroxyl groups is 3. The summed E-state index contributed by atoms with van der Waals surface area (Å²) in [7, 11) is 3.52. The molecule has 0 aromatic heterocycles. The van der Waals surface area contributed by atoms with Crippen LogP contribution in [0, 0.1) is 40.9 Å². The molecule has 1 saturated heterocycles. The summed E-state index contributed by atoms with van der Waals surface area (Å²) in [6.45, 7) is 4.06. The van der Waals surface area contributed by atoms with Crippen molar-refractivity contribution in [2.45, 2.75) is 68.7 Å². The van der Waals surface area contributed by atoms with Gasteiger partial charge in [0.2, 0.25) is 0 Å². The van der Waals surface area contributed by atoms with Gasteiger partial charge in [0.1, 0.15) is 0 Å². The molecule has 1 aliphatic heterocycles. The minimum absolute atomic E-state index is 0.00445. The number of methoxy groups -OCH3 is 2. The van der Waals surface area contributed by atoms with Gasteiger partial charge in [0.25, 0.3) is 0 Å². The highest BCUT2D eigenvalue weighted by molar-refractivity contribution is 5.32. The molecule has 1 heterocycles. The summed E-state index contributed by atoms with van der Waals surface area (Å²) in [6, 6.07) is 0.281. The molecule has 0 aromatic rings. The number of rotatable bonds is 3. The maximum atomic E-state index is 12.2. The summed E-state index contributed by atoms with van der Waals surface area (Å²) in [4.78, 5) is 2.54. The lowest BCUT2D eigenvalue weighted by Crippen LogP contribution is -2.75. The maximum absolute atomic E-state index is 12.2. The standard InChI is InChI=1S/C22H35NO5/c1-4-23-9-11-12-6-14-20(23)22(12,17(28-3)7-15(11)24)13-5-10-16(27-2)8-21(14,26)18(13)19(10)25/h10-20,24-26H,4-9H2,1-3H3/t10-,11-,12+,13-,14-,15+,16-,17-,18-,19-,20+,21+,22-/m1/s1. The van der Waals surface area contributed by atoms with E-state index >= 15 is 0 Å². The van der Waals surface area contributed by atoms with Crippen molar-refractivity contribution in [1.29, 1.82) is 0 Å². The molecule has 5 saturated carbocycles. The van der Waals surface area contributed by atoms with Crippen LogP contribution < -0.4 is 0 Å². The summed E-state index contributed by atoms with van der Waals surface area (Å²) in [5, 5.41) is 34.5. The number of hydrogen-bond donors (Lipinski definition) is 3. The molecule has 5 aliphatic carbocycles. The molecule has 0 unspecified atom stereocenters. The van der Waals surface area contributed by atoms with E-state index in [0.717, 1.165) is 25.9 Å². The lowest BCUT2D eigenvalue weighted by molar-refractivity contribution is -0.269. The summed E-state index contributed by atoms with van der Waals surface area (Å²) < 4.78 is 11.9. The number of ether oxygens (including phenoxy) is 2. The Morgan fingerprint density at radius 1 is 1.00 bits per heavy atom. The molecule has 6 fully saturated rings. The zero-order chi connectivity index (χ0) is 19.6. The van der Waals surface area contributed by atoms with E-state index in [4.69, 9.17) is 9.47 Å². The van der Waals surface area contributed by atoms with Gasteiger partial charge >= 0.3 is 0 Å². The normalized spacial score (nSPS) is 64.3. The molecule has 7 bridgehead atoms. The van der Waals surface area contributed by atoms with Crippen LogP contribution in [0.4, 0.5) is 0 Å². The van der Waals surface area contributed by atoms with Crippen LogP contribution >= 0.6 is 0 Å². The van der Waals surface area contributed by atoms with Crippen LogP contribution in [0.2, 0.25) is 0 Å². The summed E-state index contributed by atoms with van der Waals surface area (Å²) in [6.07, 6.45) is 2.27. The van der Waals surface area contributed by atoms with Crippen molar-refractivity contribution in [2.24, 2.45) is 40.9 Å². The summed E-state index contributed by atoms with van der Waals surface area (Å²) in [5.74, 6) is 1.02. The maximum Gasteiger partial charge on any atom is 0.0771 e. The quantitative estimate of drug-likeness (QED) is 0.647. The smallest absolute Gasteiger partial charge is 0.0771 e. The van der Waals surface area contributed by atoms with Crippen molar-refractivity contribution >= 4 is 0 Å². The monoisotopic (exact) mass is 393 g/mol. The van der Waals surface area contributed by atoms with Crippen molar-refractivity contribution in [3.8, 4) is 0 Å². The van der Waals surface area contributed by atoms with Crippen LogP contribution in [0.15, 0.2) is 0 Å². The predicted molar refractivity (Wildman–Crippen MR) is 101 cm³/mol. The summed E-state index contributed by atoms with van der Waals surface area (Å²) >= 11 is 0. The number of aliphatic hydroxyl groups excluding tert-OH is 2. The van der Waals surface area contributed by atoms with Gasteiger partial charge in [0.15, 0.2) is 0 Å². The fourth-order valence-corrected chi connectivity index (χ4v) is 9.94. The van der Waals surface area contributed by atoms with E-state index < -0.39 is 11.7 Å². The third-order valence-electron chi connectivity index (χ3n) is 10.5. The minimum Gasteiger partial charge on any atom is -0.393 e. The Hall–Kier alpha value is -0.240. The second-order valence-electron chi connectivity index (χ2n) is 10.7. The Morgan fingerprint density at radius 3 is 2.46 bits per heavy atom. The van der Waals surface area contributed by atoms with E-state index in [1.54, 1.807) is 14.2 Å². The van der Waals surface area contributed by atoms with Gasteiger partial charge in [0, 0.05) is 68.7 Å². The minimum atomic E-state index is -0.878. The lowest BCUT2D eigenvalue weighted by Gasteiger charge is -2.67. The number of likely N-dealkylation sites (tertiary alicyclic amines) is 1. The number of hydrogen-bond acceptors (Lipinski definition) is 6. The highest BCUT2D eigenvalue weighted by Gasteiger charge is 2.82. The Morgan fingerprint density at radius 2 is 1.79 bits per heavy atom. The van der Waals surface area contributed by atoms with E-state index in [2.05, 4.69) is 11.8 Å². The Labute approximate surface area is 167 Å². The molecule has 0 radical (unpaired) electrons. The fraction of sp³-hybridized carbons (Fsp3) is 1.00. The van der Waals surface area contributed by atoms with E-state index in [0.29, 0.717) is 18.8 Å². The van der Waals surface area contributed by atoms with Crippen LogP contribution in [0.1, 0.15) is 32.6 Å². The highest BCUT2D eigenvalue weighted by Crippen LogP contribution is 2.77. The SMILES string of the molecule is CCN1C[C@H]2[C@@H](O)C[C@@H](OC)[C@]34[C@@H]5C[C@H]6[C@@H](O)[C@@H]5[C@](O)(C[C@H]6OC)[C@H](C[C@@H]23)[C@H]14. The van der Waals surface area contributed by atoms with Crippen LogP contribution in [-0.4, -0.2) is 83.6 Å².